The molecule has 0 saturated carbocycles. The number of para-hydroxylation sites is 1. The molecule has 0 aliphatic heterocycles. The largest absolute Gasteiger partial charge is 0.455 e. The number of thiazole rings is 1. The number of hydrogen-bond donors (Lipinski definition) is 1. The van der Waals surface area contributed by atoms with Crippen molar-refractivity contribution >= 4 is 56.1 Å². The molecule has 124 valence electrons. The summed E-state index contributed by atoms with van der Waals surface area (Å²) in [6, 6.07) is 17.0. The number of hydrazone groups is 1. The molecule has 2 heterocycles. The first-order valence-electron chi connectivity index (χ1n) is 7.39. The Morgan fingerprint density at radius 1 is 1.04 bits per heavy atom. The lowest BCUT2D eigenvalue weighted by Crippen LogP contribution is -1.88. The molecule has 0 unspecified atom stereocenters. The van der Waals surface area contributed by atoms with Gasteiger partial charge in [-0.25, -0.2) is 4.98 Å². The summed E-state index contributed by atoms with van der Waals surface area (Å²) in [6.07, 6.45) is 1.60. The second-order valence-corrected chi connectivity index (χ2v) is 7.03. The lowest BCUT2D eigenvalue weighted by atomic mass is 10.2. The average Bonchev–Trinajstić information content (AvgIpc) is 3.24. The van der Waals surface area contributed by atoms with Gasteiger partial charge in [-0.1, -0.05) is 46.7 Å². The number of aromatic nitrogens is 1. The highest BCUT2D eigenvalue weighted by Crippen LogP contribution is 2.29. The minimum absolute atomic E-state index is 0.489. The number of rotatable bonds is 4. The van der Waals surface area contributed by atoms with Gasteiger partial charge in [0.15, 0.2) is 0 Å². The van der Waals surface area contributed by atoms with Crippen molar-refractivity contribution in [3.63, 3.8) is 0 Å². The number of halogens is 2. The summed E-state index contributed by atoms with van der Waals surface area (Å²) in [7, 11) is 0. The Kier molecular flexibility index (Phi) is 4.44. The smallest absolute Gasteiger partial charge is 0.204 e. The molecular formula is C18H11Cl2N3OS. The van der Waals surface area contributed by atoms with Crippen molar-refractivity contribution in [3.05, 3.63) is 70.4 Å². The molecule has 4 nitrogen and oxygen atoms in total. The van der Waals surface area contributed by atoms with E-state index in [0.717, 1.165) is 20.9 Å². The topological polar surface area (TPSA) is 50.4 Å². The van der Waals surface area contributed by atoms with Gasteiger partial charge in [-0.15, -0.1) is 0 Å². The standard InChI is InChI=1S/C18H11Cl2N3OS/c19-13-7-5-11(9-14(13)20)16-8-6-12(24-16)10-21-23-18-22-15-3-1-2-4-17(15)25-18/h1-10H,(H,22,23)/b21-10-. The van der Waals surface area contributed by atoms with Crippen LogP contribution in [0.3, 0.4) is 0 Å². The van der Waals surface area contributed by atoms with Gasteiger partial charge in [-0.3, -0.25) is 5.43 Å². The van der Waals surface area contributed by atoms with Gasteiger partial charge in [0.1, 0.15) is 11.5 Å². The van der Waals surface area contributed by atoms with Crippen LogP contribution in [0.1, 0.15) is 5.76 Å². The first-order valence-corrected chi connectivity index (χ1v) is 8.96. The van der Waals surface area contributed by atoms with Crippen LogP contribution in [-0.4, -0.2) is 11.2 Å². The minimum Gasteiger partial charge on any atom is -0.455 e. The van der Waals surface area contributed by atoms with Crippen LogP contribution in [0.4, 0.5) is 5.13 Å². The van der Waals surface area contributed by atoms with Gasteiger partial charge in [0.25, 0.3) is 0 Å². The fraction of sp³-hybridized carbons (Fsp3) is 0. The highest BCUT2D eigenvalue weighted by atomic mass is 35.5. The number of nitrogens with zero attached hydrogens (tertiary/aromatic N) is 2. The molecule has 25 heavy (non-hydrogen) atoms. The van der Waals surface area contributed by atoms with Crippen molar-refractivity contribution in [1.82, 2.24) is 4.98 Å². The number of benzene rings is 2. The van der Waals surface area contributed by atoms with Gasteiger partial charge in [0, 0.05) is 5.56 Å². The maximum absolute atomic E-state index is 6.04. The molecule has 4 rings (SSSR count). The Bertz CT molecular complexity index is 1040. The van der Waals surface area contributed by atoms with Gasteiger partial charge in [-0.2, -0.15) is 5.10 Å². The number of anilines is 1. The van der Waals surface area contributed by atoms with E-state index in [1.165, 1.54) is 0 Å². The molecule has 0 radical (unpaired) electrons. The number of hydrogen-bond acceptors (Lipinski definition) is 5. The van der Waals surface area contributed by atoms with E-state index < -0.39 is 0 Å². The molecule has 0 aliphatic rings. The van der Waals surface area contributed by atoms with Crippen molar-refractivity contribution in [1.29, 1.82) is 0 Å². The monoisotopic (exact) mass is 387 g/mol. The highest BCUT2D eigenvalue weighted by molar-refractivity contribution is 7.22. The quantitative estimate of drug-likeness (QED) is 0.329. The van der Waals surface area contributed by atoms with Crippen LogP contribution in [0.15, 0.2) is 64.1 Å². The van der Waals surface area contributed by atoms with Gasteiger partial charge < -0.3 is 4.42 Å². The van der Waals surface area contributed by atoms with Gasteiger partial charge in [0.05, 0.1) is 26.5 Å². The Hall–Kier alpha value is -2.34. The third kappa shape index (κ3) is 3.54. The summed E-state index contributed by atoms with van der Waals surface area (Å²) in [5.74, 6) is 1.31. The van der Waals surface area contributed by atoms with E-state index in [-0.39, 0.29) is 0 Å². The van der Waals surface area contributed by atoms with E-state index in [4.69, 9.17) is 27.6 Å². The second-order valence-electron chi connectivity index (χ2n) is 5.19. The van der Waals surface area contributed by atoms with Gasteiger partial charge in [0.2, 0.25) is 5.13 Å². The van der Waals surface area contributed by atoms with Crippen molar-refractivity contribution in [2.24, 2.45) is 5.10 Å². The fourth-order valence-corrected chi connectivity index (χ4v) is 3.41. The van der Waals surface area contributed by atoms with E-state index in [1.54, 1.807) is 29.7 Å². The van der Waals surface area contributed by atoms with Crippen molar-refractivity contribution in [3.8, 4) is 11.3 Å². The molecule has 7 heteroatoms. The summed E-state index contributed by atoms with van der Waals surface area (Å²) >= 11 is 13.5. The van der Waals surface area contributed by atoms with Crippen LogP contribution in [0, 0.1) is 0 Å². The molecule has 4 aromatic rings. The van der Waals surface area contributed by atoms with Crippen LogP contribution in [0.5, 0.6) is 0 Å². The normalized spacial score (nSPS) is 11.4. The number of nitrogens with one attached hydrogen (secondary N) is 1. The SMILES string of the molecule is Clc1ccc(-c2ccc(/C=N\Nc3nc4ccccc4s3)o2)cc1Cl. The van der Waals surface area contributed by atoms with Crippen molar-refractivity contribution in [2.75, 3.05) is 5.43 Å². The maximum atomic E-state index is 6.04. The zero-order chi connectivity index (χ0) is 17.2. The Balaban J connectivity index is 1.48. The molecule has 0 spiro atoms. The summed E-state index contributed by atoms with van der Waals surface area (Å²) in [5.41, 5.74) is 4.73. The van der Waals surface area contributed by atoms with Crippen LogP contribution in [0.25, 0.3) is 21.5 Å². The fourth-order valence-electron chi connectivity index (χ4n) is 2.30. The number of furan rings is 1. The second kappa shape index (κ2) is 6.88. The molecule has 0 atom stereocenters. The van der Waals surface area contributed by atoms with Crippen LogP contribution in [0.2, 0.25) is 10.0 Å². The summed E-state index contributed by atoms with van der Waals surface area (Å²) in [6.45, 7) is 0. The maximum Gasteiger partial charge on any atom is 0.204 e. The molecule has 0 bridgehead atoms. The van der Waals surface area contributed by atoms with E-state index in [9.17, 15) is 0 Å². The zero-order valence-electron chi connectivity index (χ0n) is 12.7. The van der Waals surface area contributed by atoms with E-state index in [1.807, 2.05) is 42.5 Å². The first kappa shape index (κ1) is 16.1. The highest BCUT2D eigenvalue weighted by Gasteiger charge is 2.06. The molecule has 1 N–H and O–H groups in total. The predicted octanol–water partition coefficient (Wildman–Crippen LogP) is 6.31. The summed E-state index contributed by atoms with van der Waals surface area (Å²) < 4.78 is 6.86. The molecular weight excluding hydrogens is 377 g/mol. The average molecular weight is 388 g/mol. The minimum atomic E-state index is 0.489. The van der Waals surface area contributed by atoms with Crippen LogP contribution in [-0.2, 0) is 0 Å². The predicted molar refractivity (Wildman–Crippen MR) is 105 cm³/mol. The van der Waals surface area contributed by atoms with Gasteiger partial charge >= 0.3 is 0 Å². The summed E-state index contributed by atoms with van der Waals surface area (Å²) in [4.78, 5) is 4.45. The molecule has 0 saturated heterocycles. The molecule has 2 aromatic heterocycles. The third-order valence-electron chi connectivity index (χ3n) is 3.48. The van der Waals surface area contributed by atoms with E-state index in [2.05, 4.69) is 15.5 Å². The number of fused-ring (bicyclic) bond motifs is 1. The van der Waals surface area contributed by atoms with Gasteiger partial charge in [-0.05, 0) is 42.5 Å². The zero-order valence-corrected chi connectivity index (χ0v) is 15.1. The third-order valence-corrected chi connectivity index (χ3v) is 5.16. The van der Waals surface area contributed by atoms with E-state index >= 15 is 0 Å². The molecule has 2 aromatic carbocycles. The lowest BCUT2D eigenvalue weighted by molar-refractivity contribution is 0.575. The van der Waals surface area contributed by atoms with Crippen LogP contribution >= 0.6 is 34.5 Å². The molecule has 0 amide bonds. The summed E-state index contributed by atoms with van der Waals surface area (Å²) in [5, 5.41) is 5.91. The van der Waals surface area contributed by atoms with E-state index in [0.29, 0.717) is 21.6 Å². The van der Waals surface area contributed by atoms with Crippen LogP contribution < -0.4 is 5.43 Å². The van der Waals surface area contributed by atoms with Crippen molar-refractivity contribution < 1.29 is 4.42 Å². The molecule has 0 fully saturated rings. The lowest BCUT2D eigenvalue weighted by Gasteiger charge is -1.99. The first-order chi connectivity index (χ1) is 12.2. The Labute approximate surface area is 157 Å². The Morgan fingerprint density at radius 2 is 1.92 bits per heavy atom. The Morgan fingerprint density at radius 3 is 2.76 bits per heavy atom. The molecule has 0 aliphatic carbocycles. The van der Waals surface area contributed by atoms with Crippen molar-refractivity contribution in [2.45, 2.75) is 0 Å².